The second kappa shape index (κ2) is 12.7. The molecule has 5 nitrogen and oxygen atoms in total. The third kappa shape index (κ3) is 32.0. The molecule has 1 N–H and O–H groups in total. The zero-order valence-corrected chi connectivity index (χ0v) is 25.3. The first-order chi connectivity index (χ1) is 10.5. The van der Waals surface area contributed by atoms with E-state index in [2.05, 4.69) is 85.1 Å². The van der Waals surface area contributed by atoms with E-state index in [1.807, 2.05) is 0 Å². The molecular weight excluding hydrogens is 441 g/mol. The Morgan fingerprint density at radius 1 is 0.556 bits per heavy atom. The molecule has 0 heterocycles. The van der Waals surface area contributed by atoms with E-state index in [4.69, 9.17) is 16.5 Å². The van der Waals surface area contributed by atoms with Gasteiger partial charge in [0, 0.05) is 7.97 Å². The van der Waals surface area contributed by atoms with Gasteiger partial charge in [0.2, 0.25) is 0 Å². The monoisotopic (exact) mass is 494 g/mol. The lowest BCUT2D eigenvalue weighted by molar-refractivity contribution is 0.255. The van der Waals surface area contributed by atoms with Gasteiger partial charge >= 0.3 is 8.80 Å². The van der Waals surface area contributed by atoms with E-state index in [9.17, 15) is 4.80 Å². The minimum Gasteiger partial charge on any atom is -0.439 e. The Morgan fingerprint density at radius 2 is 0.778 bits per heavy atom. The molecule has 0 aliphatic carbocycles. The van der Waals surface area contributed by atoms with Crippen molar-refractivity contribution in [3.05, 3.63) is 0 Å². The van der Waals surface area contributed by atoms with Gasteiger partial charge < -0.3 is 21.3 Å². The fourth-order valence-electron chi connectivity index (χ4n) is 2.18. The molecule has 0 rings (SSSR count). The van der Waals surface area contributed by atoms with Gasteiger partial charge in [0.25, 0.3) is 9.28 Å². The summed E-state index contributed by atoms with van der Waals surface area (Å²) in [5.74, 6) is 0. The van der Waals surface area contributed by atoms with Crippen LogP contribution < -0.4 is 0 Å². The summed E-state index contributed by atoms with van der Waals surface area (Å²) in [5.41, 5.74) is 0. The van der Waals surface area contributed by atoms with Crippen LogP contribution in [-0.2, 0) is 16.5 Å². The van der Waals surface area contributed by atoms with Gasteiger partial charge in [0.05, 0.1) is 0 Å². The van der Waals surface area contributed by atoms with Gasteiger partial charge in [0.15, 0.2) is 33.3 Å². The van der Waals surface area contributed by atoms with Crippen molar-refractivity contribution < 1.29 is 22.7 Å². The molecule has 0 spiro atoms. The molecule has 0 fully saturated rings. The van der Waals surface area contributed by atoms with E-state index >= 15 is 0 Å². The predicted octanol–water partition coefficient (Wildman–Crippen LogP) is 6.31. The molecule has 27 heavy (non-hydrogen) atoms. The molecule has 0 aliphatic rings. The Hall–Kier alpha value is 1.10. The summed E-state index contributed by atoms with van der Waals surface area (Å²) in [7, 11) is -10.3. The largest absolute Gasteiger partial charge is 0.473 e. The molecule has 0 saturated heterocycles. The Bertz CT molecular complexity index is 353. The summed E-state index contributed by atoms with van der Waals surface area (Å²) in [6, 6.07) is 0. The topological polar surface area (TPSA) is 57.2 Å². The molecule has 0 radical (unpaired) electrons. The Kier molecular flexibility index (Phi) is 16.7. The molecular formula is C16H54O5Si6. The fraction of sp³-hybridized carbons (Fsp3) is 1.00. The van der Waals surface area contributed by atoms with E-state index in [-0.39, 0.29) is 16.3 Å². The van der Waals surface area contributed by atoms with Gasteiger partial charge in [-0.25, -0.2) is 0 Å². The number of hydrogen-bond acceptors (Lipinski definition) is 5. The van der Waals surface area contributed by atoms with Crippen LogP contribution in [-0.4, -0.2) is 56.2 Å². The van der Waals surface area contributed by atoms with Gasteiger partial charge in [-0.2, -0.15) is 0 Å². The van der Waals surface area contributed by atoms with Crippen LogP contribution in [0.1, 0.15) is 16.3 Å². The second-order valence-electron chi connectivity index (χ2n) is 10.4. The van der Waals surface area contributed by atoms with Crippen LogP contribution in [0.25, 0.3) is 0 Å². The molecule has 0 bridgehead atoms. The first kappa shape index (κ1) is 35.5. The lowest BCUT2D eigenvalue weighted by Crippen LogP contribution is -2.52. The van der Waals surface area contributed by atoms with Crippen molar-refractivity contribution in [1.29, 1.82) is 0 Å². The minimum absolute atomic E-state index is 0. The van der Waals surface area contributed by atoms with Gasteiger partial charge in [-0.1, -0.05) is 14.9 Å². The Balaban J connectivity index is -0.000000114. The molecule has 0 aromatic heterocycles. The fourth-order valence-corrected chi connectivity index (χ4v) is 20.4. The van der Waals surface area contributed by atoms with Gasteiger partial charge in [0.1, 0.15) is 0 Å². The van der Waals surface area contributed by atoms with Crippen LogP contribution in [0.4, 0.5) is 0 Å². The number of rotatable bonds is 8. The lowest BCUT2D eigenvalue weighted by atomic mass is 11.8. The van der Waals surface area contributed by atoms with E-state index < -0.39 is 51.4 Å². The van der Waals surface area contributed by atoms with Gasteiger partial charge in [-0.15, -0.1) is 0 Å². The maximum atomic E-state index is 9.95. The van der Waals surface area contributed by atoms with Crippen LogP contribution in [0.2, 0.25) is 91.7 Å². The van der Waals surface area contributed by atoms with E-state index in [0.29, 0.717) is 0 Å². The molecule has 11 heteroatoms. The predicted molar refractivity (Wildman–Crippen MR) is 140 cm³/mol. The smallest absolute Gasteiger partial charge is 0.439 e. The second-order valence-corrected chi connectivity index (χ2v) is 33.7. The summed E-state index contributed by atoms with van der Waals surface area (Å²) >= 11 is 0. The summed E-state index contributed by atoms with van der Waals surface area (Å²) in [4.78, 5) is 9.95. The standard InChI is InChI=1S/C7H22O3Si3.C7H22O2Si3.2CH4.H2/c1-11(2,3)9-13(7,8)10-12(4,5)6;1-10(8-11(2,3)4)9-12(5,6)7;;;/h8H,1-7H3;10H,1-7H3;2*1H4;1H. The molecule has 0 unspecified atom stereocenters. The highest BCUT2D eigenvalue weighted by Crippen LogP contribution is 2.17. The average Bonchev–Trinajstić information content (AvgIpc) is 1.99. The Morgan fingerprint density at radius 3 is 0.926 bits per heavy atom. The van der Waals surface area contributed by atoms with Crippen LogP contribution in [0.5, 0.6) is 0 Å². The van der Waals surface area contributed by atoms with E-state index in [1.165, 1.54) is 0 Å². The summed E-state index contributed by atoms with van der Waals surface area (Å²) in [5, 5.41) is 0. The number of hydrogen-bond donors (Lipinski definition) is 1. The quantitative estimate of drug-likeness (QED) is 0.401. The van der Waals surface area contributed by atoms with Crippen molar-refractivity contribution in [2.75, 3.05) is 0 Å². The normalized spacial score (nSPS) is 13.3. The van der Waals surface area contributed by atoms with Crippen LogP contribution >= 0.6 is 0 Å². The highest BCUT2D eigenvalue weighted by Gasteiger charge is 2.39. The van der Waals surface area contributed by atoms with Crippen molar-refractivity contribution in [2.24, 2.45) is 0 Å². The Labute approximate surface area is 180 Å². The molecule has 0 amide bonds. The lowest BCUT2D eigenvalue weighted by Gasteiger charge is -2.33. The average molecular weight is 495 g/mol. The van der Waals surface area contributed by atoms with Crippen molar-refractivity contribution >= 4 is 51.4 Å². The van der Waals surface area contributed by atoms with Crippen LogP contribution in [0, 0.1) is 0 Å². The van der Waals surface area contributed by atoms with Crippen LogP contribution in [0.3, 0.4) is 0 Å². The molecule has 0 atom stereocenters. The molecule has 0 aliphatic heterocycles. The van der Waals surface area contributed by atoms with Crippen molar-refractivity contribution in [2.45, 2.75) is 107 Å². The minimum atomic E-state index is -2.85. The highest BCUT2D eigenvalue weighted by atomic mass is 28.5. The van der Waals surface area contributed by atoms with Crippen molar-refractivity contribution in [1.82, 2.24) is 0 Å². The van der Waals surface area contributed by atoms with E-state index in [0.717, 1.165) is 0 Å². The SMILES string of the molecule is C.C.C[SiH](O[Si](C)(C)C)O[Si](C)(C)C.C[Si](C)(C)O[Si](C)(O)O[Si](C)(C)C.[HH]. The maximum absolute atomic E-state index is 9.95. The highest BCUT2D eigenvalue weighted by molar-refractivity contribution is 6.84. The van der Waals surface area contributed by atoms with E-state index in [1.54, 1.807) is 6.55 Å². The summed E-state index contributed by atoms with van der Waals surface area (Å²) in [6.07, 6.45) is 0. The zero-order valence-electron chi connectivity index (χ0n) is 19.2. The van der Waals surface area contributed by atoms with Crippen LogP contribution in [0.15, 0.2) is 0 Å². The van der Waals surface area contributed by atoms with Crippen molar-refractivity contribution in [3.8, 4) is 0 Å². The summed E-state index contributed by atoms with van der Waals surface area (Å²) < 4.78 is 23.1. The molecule has 0 aromatic carbocycles. The summed E-state index contributed by atoms with van der Waals surface area (Å²) in [6.45, 7) is 29.5. The van der Waals surface area contributed by atoms with Gasteiger partial charge in [-0.05, 0) is 85.1 Å². The first-order valence-electron chi connectivity index (χ1n) is 9.00. The third-order valence-corrected chi connectivity index (χ3v) is 18.3. The third-order valence-electron chi connectivity index (χ3n) is 2.03. The zero-order chi connectivity index (χ0) is 20.9. The maximum Gasteiger partial charge on any atom is 0.473 e. The molecule has 172 valence electrons. The molecule has 0 saturated carbocycles. The van der Waals surface area contributed by atoms with Crippen molar-refractivity contribution in [3.63, 3.8) is 0 Å². The van der Waals surface area contributed by atoms with Gasteiger partial charge in [-0.3, -0.25) is 0 Å². The first-order valence-corrected chi connectivity index (χ1v) is 27.0. The molecule has 0 aromatic rings.